The Morgan fingerprint density at radius 3 is 2.43 bits per heavy atom. The van der Waals surface area contributed by atoms with Gasteiger partial charge in [-0.25, -0.2) is 26.7 Å². The van der Waals surface area contributed by atoms with Crippen LogP contribution in [0, 0.1) is 25.5 Å². The van der Waals surface area contributed by atoms with E-state index in [1.54, 1.807) is 4.52 Å². The number of benzene rings is 1. The van der Waals surface area contributed by atoms with Gasteiger partial charge < -0.3 is 4.90 Å². The minimum atomic E-state index is -4.13. The number of rotatable bonds is 3. The summed E-state index contributed by atoms with van der Waals surface area (Å²) in [6.45, 7) is 3.94. The molecule has 4 rings (SSSR count). The number of hydrogen-bond donors (Lipinski definition) is 0. The van der Waals surface area contributed by atoms with Gasteiger partial charge in [-0.3, -0.25) is 4.79 Å². The Morgan fingerprint density at radius 2 is 1.77 bits per heavy atom. The normalized spacial score (nSPS) is 15.7. The molecule has 0 spiro atoms. The van der Waals surface area contributed by atoms with Crippen molar-refractivity contribution in [2.24, 2.45) is 0 Å². The minimum Gasteiger partial charge on any atom is -0.336 e. The summed E-state index contributed by atoms with van der Waals surface area (Å²) in [6.07, 6.45) is 1.45. The fourth-order valence-electron chi connectivity index (χ4n) is 3.55. The fourth-order valence-corrected chi connectivity index (χ4v) is 5.01. The molecule has 1 aliphatic heterocycles. The van der Waals surface area contributed by atoms with Gasteiger partial charge >= 0.3 is 0 Å². The molecule has 0 bridgehead atoms. The van der Waals surface area contributed by atoms with Crippen LogP contribution in [0.25, 0.3) is 5.65 Å². The van der Waals surface area contributed by atoms with E-state index in [9.17, 15) is 22.0 Å². The fraction of sp³-hybridized carbons (Fsp3) is 0.316. The molecule has 2 aromatic heterocycles. The molecule has 0 N–H and O–H groups in total. The van der Waals surface area contributed by atoms with Gasteiger partial charge in [0, 0.05) is 43.6 Å². The van der Waals surface area contributed by atoms with Crippen LogP contribution in [0.1, 0.15) is 21.7 Å². The lowest BCUT2D eigenvalue weighted by molar-refractivity contribution is 0.0699. The molecule has 0 aliphatic carbocycles. The van der Waals surface area contributed by atoms with Crippen LogP contribution in [0.15, 0.2) is 35.4 Å². The number of hydrogen-bond acceptors (Lipinski definition) is 5. The predicted molar refractivity (Wildman–Crippen MR) is 103 cm³/mol. The summed E-state index contributed by atoms with van der Waals surface area (Å²) in [5, 5.41) is 4.21. The van der Waals surface area contributed by atoms with Gasteiger partial charge in [0.05, 0.1) is 6.20 Å². The highest BCUT2D eigenvalue weighted by molar-refractivity contribution is 7.89. The number of fused-ring (bicyclic) bond motifs is 1. The van der Waals surface area contributed by atoms with Crippen molar-refractivity contribution in [1.29, 1.82) is 0 Å². The monoisotopic (exact) mass is 435 g/mol. The molecule has 0 radical (unpaired) electrons. The zero-order valence-corrected chi connectivity index (χ0v) is 17.2. The molecule has 158 valence electrons. The zero-order chi connectivity index (χ0) is 21.6. The smallest absolute Gasteiger partial charge is 0.259 e. The van der Waals surface area contributed by atoms with E-state index in [-0.39, 0.29) is 32.1 Å². The van der Waals surface area contributed by atoms with Crippen LogP contribution in [0.3, 0.4) is 0 Å². The molecule has 8 nitrogen and oxygen atoms in total. The van der Waals surface area contributed by atoms with Crippen LogP contribution >= 0.6 is 0 Å². The average Bonchev–Trinajstić information content (AvgIpc) is 3.11. The Kier molecular flexibility index (Phi) is 5.02. The van der Waals surface area contributed by atoms with Crippen molar-refractivity contribution in [3.63, 3.8) is 0 Å². The van der Waals surface area contributed by atoms with Gasteiger partial charge in [-0.05, 0) is 32.0 Å². The maximum Gasteiger partial charge on any atom is 0.259 e. The van der Waals surface area contributed by atoms with Crippen LogP contribution < -0.4 is 0 Å². The van der Waals surface area contributed by atoms with Crippen molar-refractivity contribution in [2.75, 3.05) is 26.2 Å². The molecule has 0 saturated carbocycles. The lowest BCUT2D eigenvalue weighted by Gasteiger charge is -2.33. The third-order valence-corrected chi connectivity index (χ3v) is 6.98. The molecule has 1 amide bonds. The molecule has 3 heterocycles. The summed E-state index contributed by atoms with van der Waals surface area (Å²) in [5.41, 5.74) is 2.38. The minimum absolute atomic E-state index is 0.00438. The number of halogens is 2. The first-order valence-corrected chi connectivity index (χ1v) is 10.7. The molecule has 30 heavy (non-hydrogen) atoms. The third-order valence-electron chi connectivity index (χ3n) is 5.05. The molecule has 1 aliphatic rings. The van der Waals surface area contributed by atoms with E-state index in [2.05, 4.69) is 10.1 Å². The maximum absolute atomic E-state index is 14.0. The Morgan fingerprint density at radius 1 is 1.07 bits per heavy atom. The number of sulfonamides is 1. The first-order chi connectivity index (χ1) is 14.2. The van der Waals surface area contributed by atoms with Crippen molar-refractivity contribution in [2.45, 2.75) is 18.7 Å². The Balaban J connectivity index is 1.53. The highest BCUT2D eigenvalue weighted by Crippen LogP contribution is 2.22. The molecule has 1 aromatic carbocycles. The Hall–Kier alpha value is -2.92. The van der Waals surface area contributed by atoms with Gasteiger partial charge in [-0.15, -0.1) is 0 Å². The first-order valence-electron chi connectivity index (χ1n) is 9.25. The molecule has 1 saturated heterocycles. The van der Waals surface area contributed by atoms with Crippen LogP contribution in [0.5, 0.6) is 0 Å². The second kappa shape index (κ2) is 7.40. The zero-order valence-electron chi connectivity index (χ0n) is 16.3. The van der Waals surface area contributed by atoms with Crippen molar-refractivity contribution >= 4 is 21.6 Å². The SMILES string of the molecule is Cc1cc(C)n2ncc(C(=O)N3CCN(S(=O)(=O)c4ccc(F)cc4F)CC3)c2n1. The van der Waals surface area contributed by atoms with Gasteiger partial charge in [-0.2, -0.15) is 9.40 Å². The second-order valence-electron chi connectivity index (χ2n) is 7.10. The molecule has 0 atom stereocenters. The highest BCUT2D eigenvalue weighted by Gasteiger charge is 2.33. The van der Waals surface area contributed by atoms with E-state index in [1.165, 1.54) is 11.1 Å². The number of carbonyl (C=O) groups is 1. The standard InChI is InChI=1S/C19H19F2N5O3S/c1-12-9-13(2)26-18(23-12)15(11-22-26)19(27)24-5-7-25(8-6-24)30(28,29)17-4-3-14(20)10-16(17)21/h3-4,9-11H,5-8H2,1-2H3. The second-order valence-corrected chi connectivity index (χ2v) is 9.01. The lowest BCUT2D eigenvalue weighted by Crippen LogP contribution is -2.50. The summed E-state index contributed by atoms with van der Waals surface area (Å²) in [5.74, 6) is -2.29. The molecule has 3 aromatic rings. The summed E-state index contributed by atoms with van der Waals surface area (Å²) < 4.78 is 55.2. The van der Waals surface area contributed by atoms with Crippen molar-refractivity contribution < 1.29 is 22.0 Å². The molecule has 11 heteroatoms. The molecule has 0 unspecified atom stereocenters. The number of aryl methyl sites for hydroxylation is 2. The topological polar surface area (TPSA) is 87.9 Å². The van der Waals surface area contributed by atoms with Gasteiger partial charge in [0.2, 0.25) is 10.0 Å². The Labute approximate surface area is 171 Å². The first kappa shape index (κ1) is 20.4. The largest absolute Gasteiger partial charge is 0.336 e. The van der Waals surface area contributed by atoms with Gasteiger partial charge in [0.15, 0.2) is 5.65 Å². The van der Waals surface area contributed by atoms with Gasteiger partial charge in [0.25, 0.3) is 5.91 Å². The van der Waals surface area contributed by atoms with Crippen LogP contribution in [0.2, 0.25) is 0 Å². The highest BCUT2D eigenvalue weighted by atomic mass is 32.2. The summed E-state index contributed by atoms with van der Waals surface area (Å²) in [4.78, 5) is 18.3. The van der Waals surface area contributed by atoms with Crippen LogP contribution in [-0.2, 0) is 10.0 Å². The number of aromatic nitrogens is 3. The number of carbonyl (C=O) groups excluding carboxylic acids is 1. The van der Waals surface area contributed by atoms with Gasteiger partial charge in [-0.1, -0.05) is 0 Å². The van der Waals surface area contributed by atoms with Crippen LogP contribution in [-0.4, -0.2) is 64.3 Å². The maximum atomic E-state index is 14.0. The molecule has 1 fully saturated rings. The number of piperazine rings is 1. The Bertz CT molecular complexity index is 1250. The predicted octanol–water partition coefficient (Wildman–Crippen LogP) is 1.77. The van der Waals surface area contributed by atoms with Crippen molar-refractivity contribution in [3.8, 4) is 0 Å². The molecular weight excluding hydrogens is 416 g/mol. The van der Waals surface area contributed by atoms with Crippen LogP contribution in [0.4, 0.5) is 8.78 Å². The van der Waals surface area contributed by atoms with E-state index in [4.69, 9.17) is 0 Å². The van der Waals surface area contributed by atoms with Gasteiger partial charge in [0.1, 0.15) is 22.1 Å². The average molecular weight is 435 g/mol. The number of nitrogens with zero attached hydrogens (tertiary/aromatic N) is 5. The van der Waals surface area contributed by atoms with E-state index >= 15 is 0 Å². The third kappa shape index (κ3) is 3.43. The van der Waals surface area contributed by atoms with Crippen molar-refractivity contribution in [3.05, 3.63) is 59.0 Å². The van der Waals surface area contributed by atoms with E-state index in [0.717, 1.165) is 27.8 Å². The summed E-state index contributed by atoms with van der Waals surface area (Å²) >= 11 is 0. The summed E-state index contributed by atoms with van der Waals surface area (Å²) in [7, 11) is -4.13. The lowest BCUT2D eigenvalue weighted by atomic mass is 10.2. The van der Waals surface area contributed by atoms with E-state index in [0.29, 0.717) is 17.3 Å². The quantitative estimate of drug-likeness (QED) is 0.626. The summed E-state index contributed by atoms with van der Waals surface area (Å²) in [6, 6.07) is 4.20. The van der Waals surface area contributed by atoms with Crippen molar-refractivity contribution in [1.82, 2.24) is 23.8 Å². The number of amides is 1. The van der Waals surface area contributed by atoms with E-state index < -0.39 is 26.6 Å². The van der Waals surface area contributed by atoms with E-state index in [1.807, 2.05) is 19.9 Å². The molecular formula is C19H19F2N5O3S.